The van der Waals surface area contributed by atoms with E-state index in [-0.39, 0.29) is 5.95 Å². The Kier molecular flexibility index (Phi) is 3.99. The molecule has 0 spiro atoms. The molecule has 1 heterocycles. The number of carbonyl (C=O) groups excluding carboxylic acids is 1. The van der Waals surface area contributed by atoms with Gasteiger partial charge in [-0.15, -0.1) is 0 Å². The molecule has 15 heavy (non-hydrogen) atoms. The zero-order chi connectivity index (χ0) is 11.3. The van der Waals surface area contributed by atoms with E-state index in [1.165, 1.54) is 6.20 Å². The molecule has 0 unspecified atom stereocenters. The Balaban J connectivity index is 2.99. The van der Waals surface area contributed by atoms with Crippen LogP contribution in [0, 0.1) is 0 Å². The van der Waals surface area contributed by atoms with Crippen LogP contribution < -0.4 is 11.1 Å². The van der Waals surface area contributed by atoms with Gasteiger partial charge in [0, 0.05) is 12.7 Å². The number of hydrogen-bond acceptors (Lipinski definition) is 6. The molecule has 0 atom stereocenters. The summed E-state index contributed by atoms with van der Waals surface area (Å²) in [5.74, 6) is -0.281. The van der Waals surface area contributed by atoms with Gasteiger partial charge in [0.15, 0.2) is 0 Å². The van der Waals surface area contributed by atoms with Gasteiger partial charge in [-0.05, 0) is 14.0 Å². The van der Waals surface area contributed by atoms with E-state index in [0.717, 1.165) is 0 Å². The summed E-state index contributed by atoms with van der Waals surface area (Å²) in [5.41, 5.74) is 6.32. The topological polar surface area (TPSA) is 90.1 Å². The van der Waals surface area contributed by atoms with Crippen LogP contribution in [0.15, 0.2) is 6.20 Å². The minimum atomic E-state index is -0.428. The number of ether oxygens (including phenoxy) is 1. The maximum absolute atomic E-state index is 11.5. The number of aromatic nitrogens is 2. The molecule has 0 aliphatic rings. The number of nitrogen functional groups attached to an aromatic ring is 1. The molecule has 0 aliphatic carbocycles. The number of hydrogen-bond donors (Lipinski definition) is 2. The van der Waals surface area contributed by atoms with Crippen LogP contribution in [-0.2, 0) is 11.3 Å². The van der Waals surface area contributed by atoms with Gasteiger partial charge in [0.1, 0.15) is 5.56 Å². The van der Waals surface area contributed by atoms with Crippen LogP contribution in [0.2, 0.25) is 0 Å². The molecule has 0 radical (unpaired) electrons. The zero-order valence-corrected chi connectivity index (χ0v) is 8.78. The second kappa shape index (κ2) is 5.26. The summed E-state index contributed by atoms with van der Waals surface area (Å²) in [6.45, 7) is 2.51. The van der Waals surface area contributed by atoms with Crippen molar-refractivity contribution in [3.8, 4) is 0 Å². The van der Waals surface area contributed by atoms with Crippen LogP contribution in [0.3, 0.4) is 0 Å². The first-order chi connectivity index (χ1) is 7.19. The second-order valence-corrected chi connectivity index (χ2v) is 2.84. The highest BCUT2D eigenvalue weighted by Gasteiger charge is 2.14. The standard InChI is InChI=1S/C9H14N4O2/c1-3-15-8(14)6-4-12-9(10)13-7(6)5-11-2/h4,11H,3,5H2,1-2H3,(H2,10,12,13). The molecule has 0 aromatic carbocycles. The maximum atomic E-state index is 11.5. The van der Waals surface area contributed by atoms with E-state index in [1.807, 2.05) is 0 Å². The van der Waals surface area contributed by atoms with Crippen molar-refractivity contribution >= 4 is 11.9 Å². The van der Waals surface area contributed by atoms with Gasteiger partial charge in [0.25, 0.3) is 0 Å². The van der Waals surface area contributed by atoms with Gasteiger partial charge < -0.3 is 15.8 Å². The lowest BCUT2D eigenvalue weighted by atomic mass is 10.2. The molecule has 82 valence electrons. The third-order valence-corrected chi connectivity index (χ3v) is 1.73. The summed E-state index contributed by atoms with van der Waals surface area (Å²) in [6.07, 6.45) is 1.38. The minimum absolute atomic E-state index is 0.147. The van der Waals surface area contributed by atoms with Crippen LogP contribution in [0.25, 0.3) is 0 Å². The summed E-state index contributed by atoms with van der Waals surface area (Å²) in [4.78, 5) is 19.2. The van der Waals surface area contributed by atoms with Crippen LogP contribution >= 0.6 is 0 Å². The normalized spacial score (nSPS) is 10.0. The average molecular weight is 210 g/mol. The van der Waals surface area contributed by atoms with Crippen LogP contribution in [0.4, 0.5) is 5.95 Å². The highest BCUT2D eigenvalue weighted by atomic mass is 16.5. The van der Waals surface area contributed by atoms with Crippen molar-refractivity contribution < 1.29 is 9.53 Å². The number of anilines is 1. The number of carbonyl (C=O) groups is 1. The molecule has 6 heteroatoms. The number of nitrogens with zero attached hydrogens (tertiary/aromatic N) is 2. The van der Waals surface area contributed by atoms with Crippen molar-refractivity contribution in [1.29, 1.82) is 0 Å². The predicted molar refractivity (Wildman–Crippen MR) is 55.2 cm³/mol. The molecule has 0 aliphatic heterocycles. The molecule has 0 saturated heterocycles. The lowest BCUT2D eigenvalue weighted by molar-refractivity contribution is 0.0524. The van der Waals surface area contributed by atoms with Crippen molar-refractivity contribution in [1.82, 2.24) is 15.3 Å². The largest absolute Gasteiger partial charge is 0.462 e. The maximum Gasteiger partial charge on any atom is 0.341 e. The monoisotopic (exact) mass is 210 g/mol. The van der Waals surface area contributed by atoms with Gasteiger partial charge in [0.05, 0.1) is 12.3 Å². The fourth-order valence-corrected chi connectivity index (χ4v) is 1.11. The van der Waals surface area contributed by atoms with Gasteiger partial charge in [-0.25, -0.2) is 14.8 Å². The van der Waals surface area contributed by atoms with Crippen LogP contribution in [-0.4, -0.2) is 29.6 Å². The summed E-state index contributed by atoms with van der Waals surface area (Å²) in [7, 11) is 1.76. The number of nitrogens with one attached hydrogen (secondary N) is 1. The SMILES string of the molecule is CCOC(=O)c1cnc(N)nc1CNC. The van der Waals surface area contributed by atoms with Gasteiger partial charge in [-0.3, -0.25) is 0 Å². The Morgan fingerprint density at radius 2 is 2.40 bits per heavy atom. The highest BCUT2D eigenvalue weighted by Crippen LogP contribution is 2.08. The fraction of sp³-hybridized carbons (Fsp3) is 0.444. The van der Waals surface area contributed by atoms with E-state index >= 15 is 0 Å². The predicted octanol–water partition coefficient (Wildman–Crippen LogP) is -0.0451. The Labute approximate surface area is 87.9 Å². The number of nitrogens with two attached hydrogens (primary N) is 1. The molecule has 3 N–H and O–H groups in total. The Morgan fingerprint density at radius 3 is 3.00 bits per heavy atom. The number of rotatable bonds is 4. The molecule has 0 fully saturated rings. The van der Waals surface area contributed by atoms with Gasteiger partial charge >= 0.3 is 5.97 Å². The van der Waals surface area contributed by atoms with Crippen LogP contribution in [0.1, 0.15) is 23.0 Å². The summed E-state index contributed by atoms with van der Waals surface area (Å²) in [6, 6.07) is 0. The van der Waals surface area contributed by atoms with E-state index in [4.69, 9.17) is 10.5 Å². The Hall–Kier alpha value is -1.69. The van der Waals surface area contributed by atoms with E-state index in [2.05, 4.69) is 15.3 Å². The first kappa shape index (κ1) is 11.4. The minimum Gasteiger partial charge on any atom is -0.462 e. The molecule has 1 rings (SSSR count). The quantitative estimate of drug-likeness (QED) is 0.677. The van der Waals surface area contributed by atoms with Crippen molar-refractivity contribution in [2.45, 2.75) is 13.5 Å². The average Bonchev–Trinajstić information content (AvgIpc) is 2.18. The summed E-state index contributed by atoms with van der Waals surface area (Å²) >= 11 is 0. The second-order valence-electron chi connectivity index (χ2n) is 2.84. The fourth-order valence-electron chi connectivity index (χ4n) is 1.11. The third kappa shape index (κ3) is 2.88. The van der Waals surface area contributed by atoms with E-state index in [9.17, 15) is 4.79 Å². The van der Waals surface area contributed by atoms with E-state index in [0.29, 0.717) is 24.4 Å². The van der Waals surface area contributed by atoms with Crippen molar-refractivity contribution in [3.05, 3.63) is 17.5 Å². The smallest absolute Gasteiger partial charge is 0.341 e. The van der Waals surface area contributed by atoms with Crippen LogP contribution in [0.5, 0.6) is 0 Å². The highest BCUT2D eigenvalue weighted by molar-refractivity contribution is 5.90. The molecule has 0 saturated carbocycles. The van der Waals surface area contributed by atoms with E-state index < -0.39 is 5.97 Å². The van der Waals surface area contributed by atoms with Gasteiger partial charge in [0.2, 0.25) is 5.95 Å². The lowest BCUT2D eigenvalue weighted by Gasteiger charge is -2.07. The first-order valence-electron chi connectivity index (χ1n) is 4.62. The molecule has 1 aromatic rings. The summed E-state index contributed by atoms with van der Waals surface area (Å²) < 4.78 is 4.87. The van der Waals surface area contributed by atoms with E-state index in [1.54, 1.807) is 14.0 Å². The van der Waals surface area contributed by atoms with Gasteiger partial charge in [-0.2, -0.15) is 0 Å². The van der Waals surface area contributed by atoms with Crippen molar-refractivity contribution in [2.75, 3.05) is 19.4 Å². The van der Waals surface area contributed by atoms with Gasteiger partial charge in [-0.1, -0.05) is 0 Å². The molecule has 0 bridgehead atoms. The van der Waals surface area contributed by atoms with Crippen molar-refractivity contribution in [3.63, 3.8) is 0 Å². The molecular formula is C9H14N4O2. The summed E-state index contributed by atoms with van der Waals surface area (Å²) in [5, 5.41) is 2.89. The molecular weight excluding hydrogens is 196 g/mol. The number of esters is 1. The Bertz CT molecular complexity index is 354. The molecule has 0 amide bonds. The van der Waals surface area contributed by atoms with Crippen molar-refractivity contribution in [2.24, 2.45) is 0 Å². The molecule has 6 nitrogen and oxygen atoms in total. The zero-order valence-electron chi connectivity index (χ0n) is 8.78. The molecule has 1 aromatic heterocycles. The third-order valence-electron chi connectivity index (χ3n) is 1.73. The Morgan fingerprint density at radius 1 is 1.67 bits per heavy atom. The first-order valence-corrected chi connectivity index (χ1v) is 4.62. The lowest BCUT2D eigenvalue weighted by Crippen LogP contribution is -2.16.